The van der Waals surface area contributed by atoms with Gasteiger partial charge >= 0.3 is 6.03 Å². The van der Waals surface area contributed by atoms with Gasteiger partial charge in [0.25, 0.3) is 0 Å². The standard InChI is InChI=1S/C14H24N4OS/c1-3-15-11(2)12-10-20-13(16-12)17-14(19)18-8-6-4-5-7-9-18/h10-11,15H,3-9H2,1-2H3,(H,16,17,19). The normalized spacial score (nSPS) is 17.6. The maximum Gasteiger partial charge on any atom is 0.323 e. The zero-order chi connectivity index (χ0) is 14.4. The first-order valence-electron chi connectivity index (χ1n) is 7.45. The third kappa shape index (κ3) is 4.18. The van der Waals surface area contributed by atoms with E-state index in [9.17, 15) is 4.79 Å². The van der Waals surface area contributed by atoms with Gasteiger partial charge in [0.15, 0.2) is 5.13 Å². The molecule has 1 atom stereocenters. The van der Waals surface area contributed by atoms with Gasteiger partial charge in [0.1, 0.15) is 0 Å². The van der Waals surface area contributed by atoms with Crippen LogP contribution in [0, 0.1) is 0 Å². The van der Waals surface area contributed by atoms with Crippen LogP contribution in [-0.4, -0.2) is 35.5 Å². The number of anilines is 1. The predicted octanol–water partition coefficient (Wildman–Crippen LogP) is 3.22. The zero-order valence-corrected chi connectivity index (χ0v) is 13.1. The van der Waals surface area contributed by atoms with Crippen molar-refractivity contribution in [2.24, 2.45) is 0 Å². The van der Waals surface area contributed by atoms with E-state index in [-0.39, 0.29) is 12.1 Å². The molecule has 2 N–H and O–H groups in total. The maximum atomic E-state index is 12.2. The van der Waals surface area contributed by atoms with Crippen molar-refractivity contribution in [2.75, 3.05) is 25.0 Å². The number of amides is 2. The number of carbonyl (C=O) groups excluding carboxylic acids is 1. The summed E-state index contributed by atoms with van der Waals surface area (Å²) in [6, 6.07) is 0.212. The van der Waals surface area contributed by atoms with Gasteiger partial charge in [-0.2, -0.15) is 0 Å². The highest BCUT2D eigenvalue weighted by Gasteiger charge is 2.17. The van der Waals surface area contributed by atoms with Crippen molar-refractivity contribution in [3.05, 3.63) is 11.1 Å². The van der Waals surface area contributed by atoms with Crippen molar-refractivity contribution in [3.8, 4) is 0 Å². The van der Waals surface area contributed by atoms with Gasteiger partial charge in [-0.15, -0.1) is 11.3 Å². The Morgan fingerprint density at radius 1 is 1.40 bits per heavy atom. The van der Waals surface area contributed by atoms with E-state index in [0.717, 1.165) is 38.2 Å². The molecule has 2 heterocycles. The molecule has 1 aromatic heterocycles. The molecule has 20 heavy (non-hydrogen) atoms. The van der Waals surface area contributed by atoms with Crippen LogP contribution in [0.1, 0.15) is 51.3 Å². The van der Waals surface area contributed by atoms with Gasteiger partial charge in [-0.25, -0.2) is 9.78 Å². The number of urea groups is 1. The molecule has 5 nitrogen and oxygen atoms in total. The van der Waals surface area contributed by atoms with Crippen molar-refractivity contribution >= 4 is 22.5 Å². The van der Waals surface area contributed by atoms with Crippen LogP contribution >= 0.6 is 11.3 Å². The molecular formula is C14H24N4OS. The first-order chi connectivity index (χ1) is 9.70. The first kappa shape index (κ1) is 15.3. The number of nitrogens with zero attached hydrogens (tertiary/aromatic N) is 2. The Morgan fingerprint density at radius 2 is 2.10 bits per heavy atom. The molecule has 1 saturated heterocycles. The Bertz CT molecular complexity index is 427. The van der Waals surface area contributed by atoms with Crippen molar-refractivity contribution in [3.63, 3.8) is 0 Å². The average molecular weight is 296 g/mol. The van der Waals surface area contributed by atoms with Gasteiger partial charge in [-0.3, -0.25) is 5.32 Å². The van der Waals surface area contributed by atoms with Crippen LogP contribution in [0.15, 0.2) is 5.38 Å². The molecule has 0 spiro atoms. The lowest BCUT2D eigenvalue weighted by atomic mass is 10.2. The monoisotopic (exact) mass is 296 g/mol. The number of aromatic nitrogens is 1. The highest BCUT2D eigenvalue weighted by Crippen LogP contribution is 2.21. The van der Waals surface area contributed by atoms with Crippen molar-refractivity contribution in [2.45, 2.75) is 45.6 Å². The molecule has 0 aliphatic carbocycles. The highest BCUT2D eigenvalue weighted by molar-refractivity contribution is 7.13. The smallest absolute Gasteiger partial charge is 0.323 e. The van der Waals surface area contributed by atoms with Gasteiger partial charge in [0, 0.05) is 24.5 Å². The van der Waals surface area contributed by atoms with Crippen LogP contribution in [0.4, 0.5) is 9.93 Å². The summed E-state index contributed by atoms with van der Waals surface area (Å²) in [7, 11) is 0. The van der Waals surface area contributed by atoms with Crippen molar-refractivity contribution < 1.29 is 4.79 Å². The lowest BCUT2D eigenvalue weighted by molar-refractivity contribution is 0.214. The van der Waals surface area contributed by atoms with Crippen LogP contribution in [0.5, 0.6) is 0 Å². The third-order valence-electron chi connectivity index (χ3n) is 3.58. The first-order valence-corrected chi connectivity index (χ1v) is 8.33. The predicted molar refractivity (Wildman–Crippen MR) is 83.3 cm³/mol. The fraction of sp³-hybridized carbons (Fsp3) is 0.714. The van der Waals surface area contributed by atoms with Crippen LogP contribution < -0.4 is 10.6 Å². The maximum absolute atomic E-state index is 12.2. The highest BCUT2D eigenvalue weighted by atomic mass is 32.1. The number of thiazole rings is 1. The summed E-state index contributed by atoms with van der Waals surface area (Å²) >= 11 is 1.49. The largest absolute Gasteiger partial charge is 0.324 e. The SMILES string of the molecule is CCNC(C)c1csc(NC(=O)N2CCCCCC2)n1. The molecule has 0 saturated carbocycles. The third-order valence-corrected chi connectivity index (χ3v) is 4.36. The molecule has 0 radical (unpaired) electrons. The van der Waals surface area contributed by atoms with E-state index in [0.29, 0.717) is 5.13 Å². The quantitative estimate of drug-likeness (QED) is 0.897. The van der Waals surface area contributed by atoms with Crippen molar-refractivity contribution in [1.29, 1.82) is 0 Å². The average Bonchev–Trinajstić information content (AvgIpc) is 2.73. The minimum Gasteiger partial charge on any atom is -0.324 e. The minimum absolute atomic E-state index is 0.0103. The second kappa shape index (κ2) is 7.59. The Morgan fingerprint density at radius 3 is 2.75 bits per heavy atom. The van der Waals surface area contributed by atoms with Gasteiger partial charge in [0.2, 0.25) is 0 Å². The van der Waals surface area contributed by atoms with E-state index in [1.807, 2.05) is 10.3 Å². The molecule has 2 amide bonds. The molecular weight excluding hydrogens is 272 g/mol. The molecule has 6 heteroatoms. The van der Waals surface area contributed by atoms with Gasteiger partial charge in [-0.1, -0.05) is 19.8 Å². The number of hydrogen-bond donors (Lipinski definition) is 2. The second-order valence-electron chi connectivity index (χ2n) is 5.19. The number of hydrogen-bond acceptors (Lipinski definition) is 4. The van der Waals surface area contributed by atoms with E-state index < -0.39 is 0 Å². The Balaban J connectivity index is 1.90. The van der Waals surface area contributed by atoms with E-state index in [1.165, 1.54) is 24.2 Å². The topological polar surface area (TPSA) is 57.3 Å². The minimum atomic E-state index is -0.0103. The molecule has 1 unspecified atom stereocenters. The molecule has 0 aromatic carbocycles. The summed E-state index contributed by atoms with van der Waals surface area (Å²) in [5.41, 5.74) is 0.989. The van der Waals surface area contributed by atoms with Gasteiger partial charge in [-0.05, 0) is 26.3 Å². The lowest BCUT2D eigenvalue weighted by Crippen LogP contribution is -2.35. The second-order valence-corrected chi connectivity index (χ2v) is 6.05. The molecule has 1 aliphatic rings. The van der Waals surface area contributed by atoms with Crippen LogP contribution in [0.25, 0.3) is 0 Å². The van der Waals surface area contributed by atoms with Crippen molar-refractivity contribution in [1.82, 2.24) is 15.2 Å². The summed E-state index contributed by atoms with van der Waals surface area (Å²) in [6.45, 7) is 6.79. The molecule has 2 rings (SSSR count). The number of rotatable bonds is 4. The van der Waals surface area contributed by atoms with E-state index in [1.54, 1.807) is 0 Å². The fourth-order valence-corrected chi connectivity index (χ4v) is 3.19. The summed E-state index contributed by atoms with van der Waals surface area (Å²) < 4.78 is 0. The van der Waals surface area contributed by atoms with Crippen LogP contribution in [0.2, 0.25) is 0 Å². The molecule has 1 aliphatic heterocycles. The fourth-order valence-electron chi connectivity index (χ4n) is 2.40. The van der Waals surface area contributed by atoms with Crippen LogP contribution in [-0.2, 0) is 0 Å². The lowest BCUT2D eigenvalue weighted by Gasteiger charge is -2.19. The summed E-state index contributed by atoms with van der Waals surface area (Å²) in [5.74, 6) is 0. The van der Waals surface area contributed by atoms with E-state index >= 15 is 0 Å². The number of nitrogens with one attached hydrogen (secondary N) is 2. The molecule has 1 fully saturated rings. The Kier molecular flexibility index (Phi) is 5.79. The Labute approximate surface area is 124 Å². The summed E-state index contributed by atoms with van der Waals surface area (Å²) in [6.07, 6.45) is 4.67. The number of carbonyl (C=O) groups is 1. The number of likely N-dealkylation sites (tertiary alicyclic amines) is 1. The molecule has 0 bridgehead atoms. The summed E-state index contributed by atoms with van der Waals surface area (Å²) in [4.78, 5) is 18.6. The van der Waals surface area contributed by atoms with E-state index in [4.69, 9.17) is 0 Å². The van der Waals surface area contributed by atoms with Crippen LogP contribution in [0.3, 0.4) is 0 Å². The van der Waals surface area contributed by atoms with Gasteiger partial charge < -0.3 is 10.2 Å². The molecule has 112 valence electrons. The zero-order valence-electron chi connectivity index (χ0n) is 12.3. The van der Waals surface area contributed by atoms with Gasteiger partial charge in [0.05, 0.1) is 5.69 Å². The summed E-state index contributed by atoms with van der Waals surface area (Å²) in [5, 5.41) is 8.94. The molecule has 1 aromatic rings. The van der Waals surface area contributed by atoms with E-state index in [2.05, 4.69) is 29.5 Å². The Hall–Kier alpha value is -1.14.